The van der Waals surface area contributed by atoms with Gasteiger partial charge < -0.3 is 5.32 Å². The van der Waals surface area contributed by atoms with Crippen molar-refractivity contribution >= 4 is 23.1 Å². The van der Waals surface area contributed by atoms with Gasteiger partial charge in [-0.15, -0.1) is 0 Å². The first-order valence-electron chi connectivity index (χ1n) is 5.57. The lowest BCUT2D eigenvalue weighted by Crippen LogP contribution is -2.10. The Balaban J connectivity index is 2.51. The maximum Gasteiger partial charge on any atom is 0.355 e. The normalized spacial score (nSPS) is 10.4. The molecule has 100 valence electrons. The highest BCUT2D eigenvalue weighted by molar-refractivity contribution is 6.30. The van der Waals surface area contributed by atoms with Crippen molar-refractivity contribution < 1.29 is 4.92 Å². The topological polar surface area (TPSA) is 98.8 Å². The van der Waals surface area contributed by atoms with E-state index in [0.29, 0.717) is 11.6 Å². The van der Waals surface area contributed by atoms with Gasteiger partial charge in [-0.1, -0.05) is 18.5 Å². The molecule has 1 N–H and O–H groups in total. The summed E-state index contributed by atoms with van der Waals surface area (Å²) in [6, 6.07) is 0. The Morgan fingerprint density at radius 3 is 2.89 bits per heavy atom. The maximum atomic E-state index is 11.2. The summed E-state index contributed by atoms with van der Waals surface area (Å²) in [6.45, 7) is 2.53. The van der Waals surface area contributed by atoms with E-state index >= 15 is 0 Å². The predicted molar refractivity (Wildman–Crippen MR) is 69.6 cm³/mol. The molecule has 9 heteroatoms. The smallest absolute Gasteiger partial charge is 0.355 e. The highest BCUT2D eigenvalue weighted by Crippen LogP contribution is 2.27. The van der Waals surface area contributed by atoms with Crippen molar-refractivity contribution in [2.75, 3.05) is 11.9 Å². The fourth-order valence-electron chi connectivity index (χ4n) is 1.49. The quantitative estimate of drug-likeness (QED) is 0.665. The number of nitro groups is 1. The van der Waals surface area contributed by atoms with Crippen LogP contribution in [-0.2, 0) is 0 Å². The number of halogens is 1. The van der Waals surface area contributed by atoms with Gasteiger partial charge in [0.15, 0.2) is 0 Å². The van der Waals surface area contributed by atoms with Crippen molar-refractivity contribution in [2.45, 2.75) is 13.3 Å². The predicted octanol–water partition coefficient (Wildman–Crippen LogP) is 2.05. The Kier molecular flexibility index (Phi) is 3.91. The molecule has 2 rings (SSSR count). The lowest BCUT2D eigenvalue weighted by atomic mass is 10.4. The minimum Gasteiger partial charge on any atom is -0.364 e. The van der Waals surface area contributed by atoms with Crippen molar-refractivity contribution in [2.24, 2.45) is 0 Å². The van der Waals surface area contributed by atoms with Gasteiger partial charge in [0, 0.05) is 6.54 Å². The zero-order chi connectivity index (χ0) is 13.8. The summed E-state index contributed by atoms with van der Waals surface area (Å²) in [7, 11) is 0. The van der Waals surface area contributed by atoms with Gasteiger partial charge in [-0.25, -0.2) is 14.6 Å². The Bertz CT molecular complexity index is 599. The lowest BCUT2D eigenvalue weighted by molar-refractivity contribution is -0.384. The van der Waals surface area contributed by atoms with Crippen LogP contribution in [0.2, 0.25) is 5.02 Å². The molecule has 0 amide bonds. The largest absolute Gasteiger partial charge is 0.364 e. The Labute approximate surface area is 113 Å². The van der Waals surface area contributed by atoms with Gasteiger partial charge in [0.05, 0.1) is 22.3 Å². The maximum absolute atomic E-state index is 11.2. The first kappa shape index (κ1) is 13.2. The number of anilines is 1. The van der Waals surface area contributed by atoms with Crippen molar-refractivity contribution in [3.05, 3.63) is 33.9 Å². The van der Waals surface area contributed by atoms with E-state index in [0.717, 1.165) is 6.42 Å². The molecule has 0 saturated carbocycles. The second-order valence-corrected chi connectivity index (χ2v) is 4.12. The molecule has 0 fully saturated rings. The molecule has 0 aromatic carbocycles. The van der Waals surface area contributed by atoms with Gasteiger partial charge in [0.25, 0.3) is 0 Å². The average Bonchev–Trinajstić information content (AvgIpc) is 2.82. The molecule has 0 radical (unpaired) electrons. The Morgan fingerprint density at radius 1 is 1.53 bits per heavy atom. The molecule has 2 aromatic rings. The van der Waals surface area contributed by atoms with E-state index in [4.69, 9.17) is 11.6 Å². The summed E-state index contributed by atoms with van der Waals surface area (Å²) in [5, 5.41) is 18.4. The number of nitrogens with zero attached hydrogens (tertiary/aromatic N) is 5. The van der Waals surface area contributed by atoms with E-state index in [9.17, 15) is 10.1 Å². The van der Waals surface area contributed by atoms with Crippen LogP contribution in [0.5, 0.6) is 0 Å². The molecule has 8 nitrogen and oxygen atoms in total. The van der Waals surface area contributed by atoms with E-state index in [2.05, 4.69) is 20.4 Å². The second kappa shape index (κ2) is 5.61. The number of hydrogen-bond acceptors (Lipinski definition) is 6. The van der Waals surface area contributed by atoms with Crippen molar-refractivity contribution in [3.8, 4) is 5.82 Å². The van der Waals surface area contributed by atoms with Crippen molar-refractivity contribution in [1.29, 1.82) is 0 Å². The first-order valence-corrected chi connectivity index (χ1v) is 5.95. The fourth-order valence-corrected chi connectivity index (χ4v) is 1.63. The lowest BCUT2D eigenvalue weighted by Gasteiger charge is -2.07. The first-order chi connectivity index (χ1) is 9.13. The molecule has 0 spiro atoms. The summed E-state index contributed by atoms with van der Waals surface area (Å²) in [6.07, 6.45) is 4.90. The summed E-state index contributed by atoms with van der Waals surface area (Å²) in [5.74, 6) is 0.244. The number of rotatable bonds is 5. The summed E-state index contributed by atoms with van der Waals surface area (Å²) in [5.41, 5.74) is -0.226. The third-order valence-corrected chi connectivity index (χ3v) is 2.49. The van der Waals surface area contributed by atoms with Crippen LogP contribution in [0, 0.1) is 10.1 Å². The van der Waals surface area contributed by atoms with E-state index in [-0.39, 0.29) is 17.3 Å². The second-order valence-electron chi connectivity index (χ2n) is 3.68. The van der Waals surface area contributed by atoms with Gasteiger partial charge >= 0.3 is 5.69 Å². The molecule has 0 atom stereocenters. The molecule has 2 heterocycles. The highest BCUT2D eigenvalue weighted by atomic mass is 35.5. The third-order valence-electron chi connectivity index (χ3n) is 2.30. The van der Waals surface area contributed by atoms with Crippen LogP contribution in [0.15, 0.2) is 18.7 Å². The molecule has 0 aliphatic heterocycles. The van der Waals surface area contributed by atoms with Crippen LogP contribution in [0.25, 0.3) is 5.82 Å². The zero-order valence-corrected chi connectivity index (χ0v) is 10.8. The summed E-state index contributed by atoms with van der Waals surface area (Å²) < 4.78 is 1.25. The number of aromatic nitrogens is 4. The Hall–Kier alpha value is -2.22. The van der Waals surface area contributed by atoms with Gasteiger partial charge in [-0.3, -0.25) is 10.1 Å². The minimum absolute atomic E-state index is 0.0745. The van der Waals surface area contributed by atoms with Gasteiger partial charge in [0.1, 0.15) is 6.33 Å². The van der Waals surface area contributed by atoms with Crippen molar-refractivity contribution in [1.82, 2.24) is 19.7 Å². The molecule has 0 bridgehead atoms. The van der Waals surface area contributed by atoms with Crippen LogP contribution in [-0.4, -0.2) is 31.2 Å². The number of hydrogen-bond donors (Lipinski definition) is 1. The molecular weight excluding hydrogens is 272 g/mol. The Morgan fingerprint density at radius 2 is 2.32 bits per heavy atom. The van der Waals surface area contributed by atoms with Crippen LogP contribution < -0.4 is 5.32 Å². The molecule has 0 saturated heterocycles. The molecule has 2 aromatic heterocycles. The highest BCUT2D eigenvalue weighted by Gasteiger charge is 2.24. The fraction of sp³-hybridized carbons (Fsp3) is 0.300. The summed E-state index contributed by atoms with van der Waals surface area (Å²) in [4.78, 5) is 18.5. The van der Waals surface area contributed by atoms with Crippen molar-refractivity contribution in [3.63, 3.8) is 0 Å². The van der Waals surface area contributed by atoms with Crippen LogP contribution in [0.3, 0.4) is 0 Å². The monoisotopic (exact) mass is 282 g/mol. The van der Waals surface area contributed by atoms with Gasteiger partial charge in [-0.2, -0.15) is 5.10 Å². The van der Waals surface area contributed by atoms with Crippen LogP contribution in [0.4, 0.5) is 11.5 Å². The standard InChI is InChI=1S/C10H11ClN6O2/c1-2-3-12-9-8(17(18)19)10(14-6-13-9)16-5-7(11)4-15-16/h4-6H,2-3H2,1H3,(H,12,13,14). The molecule has 0 aliphatic carbocycles. The summed E-state index contributed by atoms with van der Waals surface area (Å²) >= 11 is 5.75. The molecule has 19 heavy (non-hydrogen) atoms. The SMILES string of the molecule is CCCNc1ncnc(-n2cc(Cl)cn2)c1[N+](=O)[O-]. The average molecular weight is 283 g/mol. The minimum atomic E-state index is -0.539. The van der Waals surface area contributed by atoms with E-state index in [1.54, 1.807) is 0 Å². The number of nitrogens with one attached hydrogen (secondary N) is 1. The van der Waals surface area contributed by atoms with Crippen LogP contribution in [0.1, 0.15) is 13.3 Å². The zero-order valence-electron chi connectivity index (χ0n) is 10.1. The van der Waals surface area contributed by atoms with E-state index in [1.807, 2.05) is 6.92 Å². The van der Waals surface area contributed by atoms with Crippen LogP contribution >= 0.6 is 11.6 Å². The molecule has 0 unspecified atom stereocenters. The van der Waals surface area contributed by atoms with E-state index < -0.39 is 4.92 Å². The van der Waals surface area contributed by atoms with E-state index in [1.165, 1.54) is 23.4 Å². The van der Waals surface area contributed by atoms with Gasteiger partial charge in [-0.05, 0) is 6.42 Å². The molecule has 0 aliphatic rings. The molecular formula is C10H11ClN6O2. The van der Waals surface area contributed by atoms with Gasteiger partial charge in [0.2, 0.25) is 11.6 Å². The third kappa shape index (κ3) is 2.79.